The Kier molecular flexibility index (Phi) is 4.55. The number of hydrogen-bond acceptors (Lipinski definition) is 3. The quantitative estimate of drug-likeness (QED) is 0.873. The van der Waals surface area contributed by atoms with Crippen LogP contribution in [0.25, 0.3) is 0 Å². The third kappa shape index (κ3) is 3.47. The monoisotopic (exact) mass is 272 g/mol. The second-order valence-electron chi connectivity index (χ2n) is 4.29. The van der Waals surface area contributed by atoms with Crippen LogP contribution in [0.3, 0.4) is 0 Å². The van der Waals surface area contributed by atoms with Crippen LogP contribution in [-0.2, 0) is 4.79 Å². The third-order valence-corrected chi connectivity index (χ3v) is 2.92. The van der Waals surface area contributed by atoms with Gasteiger partial charge >= 0.3 is 0 Å². The highest BCUT2D eigenvalue weighted by molar-refractivity contribution is 5.92. The van der Waals surface area contributed by atoms with Crippen LogP contribution >= 0.6 is 0 Å². The molecule has 0 aliphatic carbocycles. The summed E-state index contributed by atoms with van der Waals surface area (Å²) in [4.78, 5) is 23.6. The third-order valence-electron chi connectivity index (χ3n) is 2.92. The molecule has 1 heterocycles. The Hall–Kier alpha value is -2.56. The minimum atomic E-state index is -0.395. The minimum Gasteiger partial charge on any atom is -0.459 e. The molecule has 1 atom stereocenters. The maximum atomic E-state index is 12.0. The maximum absolute atomic E-state index is 12.0. The summed E-state index contributed by atoms with van der Waals surface area (Å²) in [5.41, 5.74) is 0.871. The van der Waals surface area contributed by atoms with Gasteiger partial charge in [-0.05, 0) is 17.7 Å². The van der Waals surface area contributed by atoms with Crippen molar-refractivity contribution in [1.29, 1.82) is 0 Å². The van der Waals surface area contributed by atoms with Crippen LogP contribution in [0.2, 0.25) is 0 Å². The molecule has 0 aliphatic heterocycles. The number of benzene rings is 1. The SMILES string of the molecule is CNC(=O)CC(NC(=O)c1ccco1)c1ccccc1. The lowest BCUT2D eigenvalue weighted by Crippen LogP contribution is -2.32. The van der Waals surface area contributed by atoms with Crippen LogP contribution < -0.4 is 10.6 Å². The normalized spacial score (nSPS) is 11.7. The Balaban J connectivity index is 2.14. The van der Waals surface area contributed by atoms with Crippen molar-refractivity contribution in [3.8, 4) is 0 Å². The van der Waals surface area contributed by atoms with Gasteiger partial charge in [0.05, 0.1) is 18.7 Å². The molecule has 20 heavy (non-hydrogen) atoms. The first-order valence-corrected chi connectivity index (χ1v) is 6.30. The van der Waals surface area contributed by atoms with E-state index in [0.717, 1.165) is 5.56 Å². The van der Waals surface area contributed by atoms with Crippen LogP contribution in [0.5, 0.6) is 0 Å². The zero-order valence-electron chi connectivity index (χ0n) is 11.1. The molecule has 1 unspecified atom stereocenters. The van der Waals surface area contributed by atoms with Gasteiger partial charge in [-0.1, -0.05) is 30.3 Å². The Bertz CT molecular complexity index is 564. The summed E-state index contributed by atoms with van der Waals surface area (Å²) in [5.74, 6) is -0.255. The van der Waals surface area contributed by atoms with Gasteiger partial charge < -0.3 is 15.1 Å². The van der Waals surface area contributed by atoms with Crippen LogP contribution in [-0.4, -0.2) is 18.9 Å². The first-order chi connectivity index (χ1) is 9.70. The largest absolute Gasteiger partial charge is 0.459 e. The van der Waals surface area contributed by atoms with E-state index in [-0.39, 0.29) is 24.0 Å². The number of carbonyl (C=O) groups excluding carboxylic acids is 2. The fourth-order valence-corrected chi connectivity index (χ4v) is 1.86. The lowest BCUT2D eigenvalue weighted by atomic mass is 10.0. The van der Waals surface area contributed by atoms with Crippen molar-refractivity contribution in [3.63, 3.8) is 0 Å². The number of hydrogen-bond donors (Lipinski definition) is 2. The summed E-state index contributed by atoms with van der Waals surface area (Å²) in [6, 6.07) is 12.2. The zero-order chi connectivity index (χ0) is 14.4. The van der Waals surface area contributed by atoms with Crippen molar-refractivity contribution in [1.82, 2.24) is 10.6 Å². The van der Waals surface area contributed by atoms with Crippen molar-refractivity contribution >= 4 is 11.8 Å². The summed E-state index contributed by atoms with van der Waals surface area (Å²) >= 11 is 0. The van der Waals surface area contributed by atoms with Gasteiger partial charge in [0.15, 0.2) is 5.76 Å². The molecule has 2 rings (SSSR count). The lowest BCUT2D eigenvalue weighted by Gasteiger charge is -2.17. The molecular formula is C15H16N2O3. The molecule has 2 aromatic rings. The molecule has 0 aliphatic rings. The standard InChI is InChI=1S/C15H16N2O3/c1-16-14(18)10-12(11-6-3-2-4-7-11)17-15(19)13-8-5-9-20-13/h2-9,12H,10H2,1H3,(H,16,18)(H,17,19). The topological polar surface area (TPSA) is 71.3 Å². The molecule has 0 spiro atoms. The Morgan fingerprint density at radius 1 is 1.15 bits per heavy atom. The molecule has 0 saturated heterocycles. The number of nitrogens with one attached hydrogen (secondary N) is 2. The molecular weight excluding hydrogens is 256 g/mol. The van der Waals surface area contributed by atoms with E-state index in [1.807, 2.05) is 30.3 Å². The van der Waals surface area contributed by atoms with Crippen molar-refractivity contribution in [2.45, 2.75) is 12.5 Å². The van der Waals surface area contributed by atoms with E-state index in [9.17, 15) is 9.59 Å². The fraction of sp³-hybridized carbons (Fsp3) is 0.200. The van der Waals surface area contributed by atoms with Crippen LogP contribution in [0.4, 0.5) is 0 Å². The molecule has 1 aromatic carbocycles. The number of carbonyl (C=O) groups is 2. The van der Waals surface area contributed by atoms with E-state index in [2.05, 4.69) is 10.6 Å². The van der Waals surface area contributed by atoms with E-state index in [0.29, 0.717) is 0 Å². The van der Waals surface area contributed by atoms with Gasteiger partial charge in [-0.2, -0.15) is 0 Å². The summed E-state index contributed by atoms with van der Waals surface area (Å²) in [5, 5.41) is 5.37. The van der Waals surface area contributed by atoms with Crippen LogP contribution in [0.1, 0.15) is 28.6 Å². The first kappa shape index (κ1) is 13.9. The smallest absolute Gasteiger partial charge is 0.287 e. The van der Waals surface area contributed by atoms with Crippen molar-refractivity contribution in [2.24, 2.45) is 0 Å². The predicted octanol–water partition coefficient (Wildman–Crippen LogP) is 1.89. The van der Waals surface area contributed by atoms with Gasteiger partial charge in [-0.25, -0.2) is 0 Å². The second-order valence-corrected chi connectivity index (χ2v) is 4.29. The average Bonchev–Trinajstić information content (AvgIpc) is 3.01. The van der Waals surface area contributed by atoms with Crippen molar-refractivity contribution < 1.29 is 14.0 Å². The predicted molar refractivity (Wildman–Crippen MR) is 74.0 cm³/mol. The van der Waals surface area contributed by atoms with E-state index in [1.165, 1.54) is 6.26 Å². The van der Waals surface area contributed by atoms with Crippen LogP contribution in [0.15, 0.2) is 53.1 Å². The fourth-order valence-electron chi connectivity index (χ4n) is 1.86. The minimum absolute atomic E-state index is 0.140. The second kappa shape index (κ2) is 6.56. The Morgan fingerprint density at radius 3 is 2.50 bits per heavy atom. The summed E-state index contributed by atoms with van der Waals surface area (Å²) < 4.78 is 5.05. The number of rotatable bonds is 5. The van der Waals surface area contributed by atoms with Crippen molar-refractivity contribution in [3.05, 3.63) is 60.1 Å². The molecule has 2 N–H and O–H groups in total. The summed E-state index contributed by atoms with van der Waals surface area (Å²) in [6.07, 6.45) is 1.61. The first-order valence-electron chi connectivity index (χ1n) is 6.30. The Morgan fingerprint density at radius 2 is 1.90 bits per heavy atom. The van der Waals surface area contributed by atoms with Gasteiger partial charge in [0, 0.05) is 7.05 Å². The van der Waals surface area contributed by atoms with Gasteiger partial charge in [-0.3, -0.25) is 9.59 Å². The molecule has 0 radical (unpaired) electrons. The van der Waals surface area contributed by atoms with E-state index in [1.54, 1.807) is 19.2 Å². The van der Waals surface area contributed by atoms with Crippen molar-refractivity contribution in [2.75, 3.05) is 7.05 Å². The van der Waals surface area contributed by atoms with Gasteiger partial charge in [0.1, 0.15) is 0 Å². The van der Waals surface area contributed by atoms with E-state index < -0.39 is 6.04 Å². The highest BCUT2D eigenvalue weighted by Gasteiger charge is 2.19. The zero-order valence-corrected chi connectivity index (χ0v) is 11.1. The maximum Gasteiger partial charge on any atom is 0.287 e. The van der Waals surface area contributed by atoms with Gasteiger partial charge in [0.2, 0.25) is 5.91 Å². The number of amides is 2. The van der Waals surface area contributed by atoms with Crippen LogP contribution in [0, 0.1) is 0 Å². The summed E-state index contributed by atoms with van der Waals surface area (Å²) in [6.45, 7) is 0. The van der Waals surface area contributed by atoms with Gasteiger partial charge in [0.25, 0.3) is 5.91 Å². The Labute approximate surface area is 117 Å². The molecule has 104 valence electrons. The van der Waals surface area contributed by atoms with E-state index >= 15 is 0 Å². The molecule has 0 fully saturated rings. The van der Waals surface area contributed by atoms with Gasteiger partial charge in [-0.15, -0.1) is 0 Å². The molecule has 0 bridgehead atoms. The molecule has 2 amide bonds. The summed E-state index contributed by atoms with van der Waals surface area (Å²) in [7, 11) is 1.57. The molecule has 5 nitrogen and oxygen atoms in total. The molecule has 0 saturated carbocycles. The highest BCUT2D eigenvalue weighted by atomic mass is 16.3. The number of furan rings is 1. The average molecular weight is 272 g/mol. The van der Waals surface area contributed by atoms with E-state index in [4.69, 9.17) is 4.42 Å². The highest BCUT2D eigenvalue weighted by Crippen LogP contribution is 2.17. The molecule has 5 heteroatoms. The molecule has 1 aromatic heterocycles. The lowest BCUT2D eigenvalue weighted by molar-refractivity contribution is -0.121.